The smallest absolute Gasteiger partial charge is 0.122 e. The lowest BCUT2D eigenvalue weighted by molar-refractivity contribution is 1.48. The monoisotopic (exact) mass is 357 g/mol. The second kappa shape index (κ2) is 8.15. The fourth-order valence-electron chi connectivity index (χ4n) is 2.46. The van der Waals surface area contributed by atoms with Gasteiger partial charge < -0.3 is 5.32 Å². The number of nitrogens with zero attached hydrogens (tertiary/aromatic N) is 1. The zero-order valence-corrected chi connectivity index (χ0v) is 14.7. The Balaban J connectivity index is 1.66. The lowest BCUT2D eigenvalue weighted by atomic mass is 10.0. The summed E-state index contributed by atoms with van der Waals surface area (Å²) in [6, 6.07) is 24.9. The third-order valence-corrected chi connectivity index (χ3v) is 4.05. The Bertz CT molecular complexity index is 981. The van der Waals surface area contributed by atoms with E-state index < -0.39 is 0 Å². The summed E-state index contributed by atoms with van der Waals surface area (Å²) >= 11 is 5.85. The molecule has 126 valence electrons. The molecule has 3 aromatic rings. The fourth-order valence-corrected chi connectivity index (χ4v) is 2.59. The van der Waals surface area contributed by atoms with Crippen LogP contribution < -0.4 is 5.32 Å². The number of nitriles is 1. The van der Waals surface area contributed by atoms with Crippen LogP contribution in [-0.2, 0) is 0 Å². The Hall–Kier alpha value is -3.35. The molecule has 0 amide bonds. The number of halogens is 1. The van der Waals surface area contributed by atoms with Crippen molar-refractivity contribution in [2.45, 2.75) is 0 Å². The summed E-state index contributed by atoms with van der Waals surface area (Å²) in [4.78, 5) is 0. The van der Waals surface area contributed by atoms with Crippen molar-refractivity contribution >= 4 is 29.2 Å². The molecule has 0 bridgehead atoms. The van der Waals surface area contributed by atoms with Gasteiger partial charge in [-0.15, -0.1) is 0 Å². The first kappa shape index (κ1) is 17.5. The molecule has 3 aromatic carbocycles. The SMILES string of the molecule is N#Cc1cccc(-c2ccc(/C=C/C(=N)Nc3ccc(Cl)cc3)cc2)c1. The van der Waals surface area contributed by atoms with Crippen LogP contribution in [0.15, 0.2) is 78.9 Å². The van der Waals surface area contributed by atoms with Crippen LogP contribution >= 0.6 is 11.6 Å². The third kappa shape index (κ3) is 4.60. The predicted molar refractivity (Wildman–Crippen MR) is 108 cm³/mol. The van der Waals surface area contributed by atoms with Crippen LogP contribution in [0.2, 0.25) is 5.02 Å². The molecular weight excluding hydrogens is 342 g/mol. The van der Waals surface area contributed by atoms with Crippen LogP contribution in [0.4, 0.5) is 5.69 Å². The van der Waals surface area contributed by atoms with Gasteiger partial charge in [0.25, 0.3) is 0 Å². The van der Waals surface area contributed by atoms with Crippen molar-refractivity contribution in [1.29, 1.82) is 10.7 Å². The molecule has 0 unspecified atom stereocenters. The Morgan fingerprint density at radius 3 is 2.38 bits per heavy atom. The Kier molecular flexibility index (Phi) is 5.48. The molecule has 0 fully saturated rings. The lowest BCUT2D eigenvalue weighted by Gasteiger charge is -2.05. The van der Waals surface area contributed by atoms with Gasteiger partial charge >= 0.3 is 0 Å². The maximum absolute atomic E-state index is 9.00. The molecule has 3 rings (SSSR count). The molecule has 0 aliphatic heterocycles. The molecule has 26 heavy (non-hydrogen) atoms. The first-order chi connectivity index (χ1) is 12.6. The molecular formula is C22H16ClN3. The number of anilines is 1. The number of rotatable bonds is 4. The van der Waals surface area contributed by atoms with E-state index in [0.29, 0.717) is 10.6 Å². The van der Waals surface area contributed by atoms with Gasteiger partial charge in [0.1, 0.15) is 5.84 Å². The minimum atomic E-state index is 0.290. The molecule has 0 spiro atoms. The normalized spacial score (nSPS) is 10.5. The summed E-state index contributed by atoms with van der Waals surface area (Å²) in [6.07, 6.45) is 3.58. The standard InChI is InChI=1S/C22H16ClN3/c23-20-9-11-21(12-10-20)26-22(25)13-6-16-4-7-18(8-5-16)19-3-1-2-17(14-19)15-24/h1-14H,(H2,25,26)/b13-6+. The Morgan fingerprint density at radius 2 is 1.69 bits per heavy atom. The number of amidine groups is 1. The van der Waals surface area contributed by atoms with E-state index >= 15 is 0 Å². The predicted octanol–water partition coefficient (Wildman–Crippen LogP) is 5.98. The van der Waals surface area contributed by atoms with E-state index in [1.807, 2.05) is 60.7 Å². The van der Waals surface area contributed by atoms with Gasteiger partial charge in [-0.25, -0.2) is 0 Å². The van der Waals surface area contributed by atoms with Crippen molar-refractivity contribution in [3.05, 3.63) is 95.0 Å². The summed E-state index contributed by atoms with van der Waals surface area (Å²) in [5.74, 6) is 0.290. The van der Waals surface area contributed by atoms with Crippen LogP contribution in [0.25, 0.3) is 17.2 Å². The quantitative estimate of drug-likeness (QED) is 0.445. The molecule has 4 heteroatoms. The van der Waals surface area contributed by atoms with E-state index in [1.165, 1.54) is 0 Å². The maximum Gasteiger partial charge on any atom is 0.122 e. The highest BCUT2D eigenvalue weighted by atomic mass is 35.5. The van der Waals surface area contributed by atoms with Crippen molar-refractivity contribution in [1.82, 2.24) is 0 Å². The van der Waals surface area contributed by atoms with Crippen LogP contribution in [0.5, 0.6) is 0 Å². The second-order valence-electron chi connectivity index (χ2n) is 5.69. The minimum Gasteiger partial charge on any atom is -0.341 e. The van der Waals surface area contributed by atoms with Gasteiger partial charge in [0.15, 0.2) is 0 Å². The molecule has 0 aliphatic rings. The number of benzene rings is 3. The van der Waals surface area contributed by atoms with Crippen molar-refractivity contribution in [3.63, 3.8) is 0 Å². The van der Waals surface area contributed by atoms with Crippen LogP contribution in [0.3, 0.4) is 0 Å². The number of hydrogen-bond acceptors (Lipinski definition) is 2. The Morgan fingerprint density at radius 1 is 0.962 bits per heavy atom. The van der Waals surface area contributed by atoms with Gasteiger partial charge in [-0.3, -0.25) is 5.41 Å². The average Bonchev–Trinajstić information content (AvgIpc) is 2.68. The molecule has 0 radical (unpaired) electrons. The summed E-state index contributed by atoms with van der Waals surface area (Å²) in [5, 5.41) is 20.7. The molecule has 0 saturated heterocycles. The highest BCUT2D eigenvalue weighted by Gasteiger charge is 1.99. The first-order valence-corrected chi connectivity index (χ1v) is 8.42. The van der Waals surface area contributed by atoms with E-state index in [0.717, 1.165) is 22.4 Å². The molecule has 0 saturated carbocycles. The van der Waals surface area contributed by atoms with Gasteiger partial charge in [0, 0.05) is 10.7 Å². The van der Waals surface area contributed by atoms with Crippen LogP contribution in [-0.4, -0.2) is 5.84 Å². The van der Waals surface area contributed by atoms with E-state index in [4.69, 9.17) is 22.3 Å². The molecule has 0 heterocycles. The Labute approximate surface area is 157 Å². The van der Waals surface area contributed by atoms with Crippen LogP contribution in [0, 0.1) is 16.7 Å². The number of hydrogen-bond donors (Lipinski definition) is 2. The second-order valence-corrected chi connectivity index (χ2v) is 6.13. The first-order valence-electron chi connectivity index (χ1n) is 8.04. The average molecular weight is 358 g/mol. The zero-order chi connectivity index (χ0) is 18.4. The topological polar surface area (TPSA) is 59.7 Å². The van der Waals surface area contributed by atoms with E-state index in [9.17, 15) is 0 Å². The van der Waals surface area contributed by atoms with Crippen molar-refractivity contribution in [2.24, 2.45) is 0 Å². The minimum absolute atomic E-state index is 0.290. The molecule has 2 N–H and O–H groups in total. The molecule has 3 nitrogen and oxygen atoms in total. The lowest BCUT2D eigenvalue weighted by Crippen LogP contribution is -2.06. The van der Waals surface area contributed by atoms with E-state index in [-0.39, 0.29) is 5.84 Å². The van der Waals surface area contributed by atoms with Crippen molar-refractivity contribution < 1.29 is 0 Å². The third-order valence-electron chi connectivity index (χ3n) is 3.80. The summed E-state index contributed by atoms with van der Waals surface area (Å²) in [5.41, 5.74) is 4.52. The fraction of sp³-hybridized carbons (Fsp3) is 0. The van der Waals surface area contributed by atoms with E-state index in [1.54, 1.807) is 24.3 Å². The van der Waals surface area contributed by atoms with Gasteiger partial charge in [-0.1, -0.05) is 54.1 Å². The molecule has 0 aliphatic carbocycles. The van der Waals surface area contributed by atoms with Gasteiger partial charge in [-0.05, 0) is 59.2 Å². The van der Waals surface area contributed by atoms with Gasteiger partial charge in [-0.2, -0.15) is 5.26 Å². The van der Waals surface area contributed by atoms with E-state index in [2.05, 4.69) is 11.4 Å². The maximum atomic E-state index is 9.00. The highest BCUT2D eigenvalue weighted by molar-refractivity contribution is 6.30. The zero-order valence-electron chi connectivity index (χ0n) is 13.9. The summed E-state index contributed by atoms with van der Waals surface area (Å²) in [7, 11) is 0. The highest BCUT2D eigenvalue weighted by Crippen LogP contribution is 2.21. The van der Waals surface area contributed by atoms with Crippen molar-refractivity contribution in [3.8, 4) is 17.2 Å². The number of nitrogens with one attached hydrogen (secondary N) is 2. The summed E-state index contributed by atoms with van der Waals surface area (Å²) < 4.78 is 0. The van der Waals surface area contributed by atoms with Gasteiger partial charge in [0.05, 0.1) is 11.6 Å². The van der Waals surface area contributed by atoms with Crippen molar-refractivity contribution in [2.75, 3.05) is 5.32 Å². The van der Waals surface area contributed by atoms with Gasteiger partial charge in [0.2, 0.25) is 0 Å². The molecule has 0 aromatic heterocycles. The van der Waals surface area contributed by atoms with Crippen LogP contribution in [0.1, 0.15) is 11.1 Å². The largest absolute Gasteiger partial charge is 0.341 e. The summed E-state index contributed by atoms with van der Waals surface area (Å²) in [6.45, 7) is 0. The molecule has 0 atom stereocenters.